The highest BCUT2D eigenvalue weighted by Gasteiger charge is 2.12. The van der Waals surface area contributed by atoms with Crippen LogP contribution in [-0.2, 0) is 9.47 Å². The molecule has 0 aromatic heterocycles. The van der Waals surface area contributed by atoms with Crippen LogP contribution in [0.2, 0.25) is 5.02 Å². The lowest BCUT2D eigenvalue weighted by atomic mass is 10.3. The molecule has 100 valence electrons. The van der Waals surface area contributed by atoms with Crippen LogP contribution in [0, 0.1) is 10.1 Å². The van der Waals surface area contributed by atoms with Crippen molar-refractivity contribution < 1.29 is 19.1 Å². The van der Waals surface area contributed by atoms with E-state index in [4.69, 9.17) is 25.8 Å². The molecule has 0 saturated carbocycles. The average Bonchev–Trinajstić information content (AvgIpc) is 2.33. The molecule has 0 saturated heterocycles. The summed E-state index contributed by atoms with van der Waals surface area (Å²) in [6.07, 6.45) is 0. The van der Waals surface area contributed by atoms with Crippen LogP contribution in [0.25, 0.3) is 0 Å². The van der Waals surface area contributed by atoms with E-state index >= 15 is 0 Å². The van der Waals surface area contributed by atoms with Crippen LogP contribution in [0.3, 0.4) is 0 Å². The number of nitrogens with zero attached hydrogens (tertiary/aromatic N) is 1. The van der Waals surface area contributed by atoms with Gasteiger partial charge < -0.3 is 14.2 Å². The molecule has 1 aromatic carbocycles. The molecule has 6 nitrogen and oxygen atoms in total. The van der Waals surface area contributed by atoms with Gasteiger partial charge in [-0.3, -0.25) is 10.1 Å². The van der Waals surface area contributed by atoms with Crippen LogP contribution in [0.1, 0.15) is 0 Å². The van der Waals surface area contributed by atoms with Crippen LogP contribution in [0.15, 0.2) is 18.2 Å². The summed E-state index contributed by atoms with van der Waals surface area (Å²) in [5, 5.41) is 10.6. The Morgan fingerprint density at radius 1 is 1.28 bits per heavy atom. The highest BCUT2D eigenvalue weighted by atomic mass is 35.5. The Kier molecular flexibility index (Phi) is 6.42. The topological polar surface area (TPSA) is 70.8 Å². The van der Waals surface area contributed by atoms with Gasteiger partial charge in [0.2, 0.25) is 0 Å². The Bertz CT molecular complexity index is 399. The van der Waals surface area contributed by atoms with Gasteiger partial charge in [-0.05, 0) is 6.07 Å². The third-order valence-electron chi connectivity index (χ3n) is 2.04. The average molecular weight is 276 g/mol. The summed E-state index contributed by atoms with van der Waals surface area (Å²) in [6.45, 7) is 1.79. The van der Waals surface area contributed by atoms with Crippen molar-refractivity contribution in [1.82, 2.24) is 0 Å². The Balaban J connectivity index is 2.35. The molecule has 0 heterocycles. The second-order valence-electron chi connectivity index (χ2n) is 3.32. The molecule has 0 fully saturated rings. The first-order valence-electron chi connectivity index (χ1n) is 5.28. The van der Waals surface area contributed by atoms with Crippen LogP contribution >= 0.6 is 11.6 Å². The van der Waals surface area contributed by atoms with E-state index in [0.29, 0.717) is 32.2 Å². The van der Waals surface area contributed by atoms with Crippen LogP contribution in [-0.4, -0.2) is 38.5 Å². The zero-order chi connectivity index (χ0) is 13.4. The third kappa shape index (κ3) is 4.87. The zero-order valence-electron chi connectivity index (χ0n) is 9.93. The second-order valence-corrected chi connectivity index (χ2v) is 3.73. The number of hydrogen-bond acceptors (Lipinski definition) is 5. The Morgan fingerprint density at radius 2 is 2.00 bits per heavy atom. The van der Waals surface area contributed by atoms with Gasteiger partial charge in [0.1, 0.15) is 17.4 Å². The fourth-order valence-corrected chi connectivity index (χ4v) is 1.43. The minimum Gasteiger partial charge on any atom is -0.491 e. The molecule has 0 aliphatic heterocycles. The van der Waals surface area contributed by atoms with Gasteiger partial charge in [-0.1, -0.05) is 11.6 Å². The summed E-state index contributed by atoms with van der Waals surface area (Å²) in [4.78, 5) is 10.0. The van der Waals surface area contributed by atoms with Gasteiger partial charge in [-0.2, -0.15) is 0 Å². The van der Waals surface area contributed by atoms with Crippen molar-refractivity contribution in [3.05, 3.63) is 33.3 Å². The highest BCUT2D eigenvalue weighted by Crippen LogP contribution is 2.28. The van der Waals surface area contributed by atoms with Crippen molar-refractivity contribution in [2.75, 3.05) is 33.5 Å². The van der Waals surface area contributed by atoms with Crippen LogP contribution in [0.4, 0.5) is 5.69 Å². The number of halogens is 1. The molecular weight excluding hydrogens is 262 g/mol. The molecular formula is C11H14ClNO5. The van der Waals surface area contributed by atoms with Gasteiger partial charge in [0.15, 0.2) is 0 Å². The number of nitro benzene ring substituents is 1. The molecule has 1 aromatic rings. The van der Waals surface area contributed by atoms with E-state index in [-0.39, 0.29) is 10.7 Å². The van der Waals surface area contributed by atoms with Crippen molar-refractivity contribution in [2.45, 2.75) is 0 Å². The van der Waals surface area contributed by atoms with Gasteiger partial charge in [-0.15, -0.1) is 0 Å². The summed E-state index contributed by atoms with van der Waals surface area (Å²) >= 11 is 5.74. The van der Waals surface area contributed by atoms with Crippen LogP contribution in [0.5, 0.6) is 5.75 Å². The molecule has 0 bridgehead atoms. The molecule has 0 radical (unpaired) electrons. The van der Waals surface area contributed by atoms with Crippen molar-refractivity contribution in [3.8, 4) is 5.75 Å². The standard InChI is InChI=1S/C11H14ClNO5/c1-16-4-5-17-6-7-18-9-2-3-11(13(14)15)10(12)8-9/h2-3,8H,4-7H2,1H3. The summed E-state index contributed by atoms with van der Waals surface area (Å²) in [7, 11) is 1.60. The maximum absolute atomic E-state index is 10.5. The highest BCUT2D eigenvalue weighted by molar-refractivity contribution is 6.32. The predicted octanol–water partition coefficient (Wildman–Crippen LogP) is 2.29. The van der Waals surface area contributed by atoms with Gasteiger partial charge in [-0.25, -0.2) is 0 Å². The van der Waals surface area contributed by atoms with Crippen molar-refractivity contribution in [3.63, 3.8) is 0 Å². The van der Waals surface area contributed by atoms with Crippen molar-refractivity contribution >= 4 is 17.3 Å². The number of methoxy groups -OCH3 is 1. The second kappa shape index (κ2) is 7.86. The molecule has 7 heteroatoms. The number of ether oxygens (including phenoxy) is 3. The summed E-state index contributed by atoms with van der Waals surface area (Å²) in [5.41, 5.74) is -0.139. The molecule has 0 aliphatic rings. The molecule has 1 rings (SSSR count). The lowest BCUT2D eigenvalue weighted by Crippen LogP contribution is -2.10. The SMILES string of the molecule is COCCOCCOc1ccc([N+](=O)[O-])c(Cl)c1. The lowest BCUT2D eigenvalue weighted by molar-refractivity contribution is -0.384. The van der Waals surface area contributed by atoms with Crippen LogP contribution < -0.4 is 4.74 Å². The number of hydrogen-bond donors (Lipinski definition) is 0. The van der Waals surface area contributed by atoms with Gasteiger partial charge in [0, 0.05) is 19.2 Å². The molecule has 0 unspecified atom stereocenters. The first-order valence-corrected chi connectivity index (χ1v) is 5.66. The number of rotatable bonds is 8. The number of benzene rings is 1. The quantitative estimate of drug-likeness (QED) is 0.413. The van der Waals surface area contributed by atoms with Gasteiger partial charge >= 0.3 is 0 Å². The largest absolute Gasteiger partial charge is 0.491 e. The molecule has 0 amide bonds. The normalized spacial score (nSPS) is 10.3. The van der Waals surface area contributed by atoms with E-state index < -0.39 is 4.92 Å². The summed E-state index contributed by atoms with van der Waals surface area (Å²) < 4.78 is 15.3. The van der Waals surface area contributed by atoms with E-state index in [1.165, 1.54) is 18.2 Å². The van der Waals surface area contributed by atoms with E-state index in [1.807, 2.05) is 0 Å². The molecule has 18 heavy (non-hydrogen) atoms. The molecule has 0 spiro atoms. The maximum Gasteiger partial charge on any atom is 0.288 e. The number of nitro groups is 1. The summed E-state index contributed by atoms with van der Waals surface area (Å²) in [5.74, 6) is 0.473. The van der Waals surface area contributed by atoms with E-state index in [9.17, 15) is 10.1 Å². The van der Waals surface area contributed by atoms with Gasteiger partial charge in [0.05, 0.1) is 24.7 Å². The van der Waals surface area contributed by atoms with E-state index in [1.54, 1.807) is 7.11 Å². The van der Waals surface area contributed by atoms with Crippen molar-refractivity contribution in [1.29, 1.82) is 0 Å². The molecule has 0 atom stereocenters. The molecule has 0 aliphatic carbocycles. The zero-order valence-corrected chi connectivity index (χ0v) is 10.7. The monoisotopic (exact) mass is 275 g/mol. The first-order chi connectivity index (χ1) is 8.65. The third-order valence-corrected chi connectivity index (χ3v) is 2.35. The maximum atomic E-state index is 10.5. The minimum absolute atomic E-state index is 0.0535. The molecule has 0 N–H and O–H groups in total. The fourth-order valence-electron chi connectivity index (χ4n) is 1.19. The lowest BCUT2D eigenvalue weighted by Gasteiger charge is -2.07. The Labute approximate surface area is 110 Å². The minimum atomic E-state index is -0.542. The fraction of sp³-hybridized carbons (Fsp3) is 0.455. The summed E-state index contributed by atoms with van der Waals surface area (Å²) in [6, 6.07) is 4.22. The smallest absolute Gasteiger partial charge is 0.288 e. The Hall–Kier alpha value is -1.37. The first kappa shape index (κ1) is 14.7. The van der Waals surface area contributed by atoms with E-state index in [0.717, 1.165) is 0 Å². The Morgan fingerprint density at radius 3 is 2.61 bits per heavy atom. The van der Waals surface area contributed by atoms with Gasteiger partial charge in [0.25, 0.3) is 5.69 Å². The van der Waals surface area contributed by atoms with E-state index in [2.05, 4.69) is 0 Å². The van der Waals surface area contributed by atoms with Crippen molar-refractivity contribution in [2.24, 2.45) is 0 Å². The predicted molar refractivity (Wildman–Crippen MR) is 66.3 cm³/mol.